The molecule has 2 nitrogen and oxygen atoms in total. The van der Waals surface area contributed by atoms with Gasteiger partial charge >= 0.3 is 0 Å². The fourth-order valence-electron chi connectivity index (χ4n) is 1.97. The largest absolute Gasteiger partial charge is 0.305 e. The smallest absolute Gasteiger partial charge is 0.257 e. The zero-order chi connectivity index (χ0) is 12.3. The van der Waals surface area contributed by atoms with E-state index in [1.54, 1.807) is 30.6 Å². The summed E-state index contributed by atoms with van der Waals surface area (Å²) >= 11 is 0. The summed E-state index contributed by atoms with van der Waals surface area (Å²) in [6.45, 7) is 2.33. The second-order valence-corrected chi connectivity index (χ2v) is 3.81. The molecule has 0 aliphatic heterocycles. The standard InChI is InChI=1S/C13H14F2N2/c1-2-17-12(13(14)15)11-5-3-4-9-8-16-7-6-10(9)11/h3-8,12-13,17H,2H2,1H3. The van der Waals surface area contributed by atoms with Crippen LogP contribution in [0.5, 0.6) is 0 Å². The summed E-state index contributed by atoms with van der Waals surface area (Å²) in [6, 6.07) is 6.25. The lowest BCUT2D eigenvalue weighted by molar-refractivity contribution is 0.0999. The minimum Gasteiger partial charge on any atom is -0.305 e. The molecule has 0 radical (unpaired) electrons. The van der Waals surface area contributed by atoms with Crippen molar-refractivity contribution in [2.45, 2.75) is 19.4 Å². The number of pyridine rings is 1. The molecule has 1 heterocycles. The van der Waals surface area contributed by atoms with Crippen LogP contribution in [0.3, 0.4) is 0 Å². The zero-order valence-corrected chi connectivity index (χ0v) is 9.53. The van der Waals surface area contributed by atoms with E-state index in [1.165, 1.54) is 0 Å². The van der Waals surface area contributed by atoms with Crippen LogP contribution in [-0.2, 0) is 0 Å². The lowest BCUT2D eigenvalue weighted by Crippen LogP contribution is -2.27. The molecule has 0 aliphatic carbocycles. The maximum absolute atomic E-state index is 13.0. The van der Waals surface area contributed by atoms with E-state index in [1.807, 2.05) is 13.0 Å². The second kappa shape index (κ2) is 5.19. The Morgan fingerprint density at radius 1 is 1.29 bits per heavy atom. The number of halogens is 2. The van der Waals surface area contributed by atoms with Gasteiger partial charge in [-0.3, -0.25) is 4.98 Å². The van der Waals surface area contributed by atoms with Crippen LogP contribution in [0.1, 0.15) is 18.5 Å². The van der Waals surface area contributed by atoms with Gasteiger partial charge in [-0.25, -0.2) is 8.78 Å². The van der Waals surface area contributed by atoms with Crippen molar-refractivity contribution in [3.05, 3.63) is 42.2 Å². The topological polar surface area (TPSA) is 24.9 Å². The van der Waals surface area contributed by atoms with Crippen molar-refractivity contribution in [2.75, 3.05) is 6.54 Å². The molecule has 0 saturated heterocycles. The van der Waals surface area contributed by atoms with Crippen molar-refractivity contribution < 1.29 is 8.78 Å². The number of nitrogens with one attached hydrogen (secondary N) is 1. The number of hydrogen-bond acceptors (Lipinski definition) is 2. The predicted octanol–water partition coefficient (Wildman–Crippen LogP) is 3.15. The van der Waals surface area contributed by atoms with E-state index in [9.17, 15) is 8.78 Å². The molecule has 0 fully saturated rings. The zero-order valence-electron chi connectivity index (χ0n) is 9.53. The van der Waals surface area contributed by atoms with Crippen LogP contribution in [0, 0.1) is 0 Å². The quantitative estimate of drug-likeness (QED) is 0.882. The molecule has 0 spiro atoms. The Balaban J connectivity index is 2.52. The van der Waals surface area contributed by atoms with Gasteiger partial charge in [0.25, 0.3) is 6.43 Å². The van der Waals surface area contributed by atoms with Crippen LogP contribution in [0.2, 0.25) is 0 Å². The third-order valence-electron chi connectivity index (χ3n) is 2.73. The molecule has 1 N–H and O–H groups in total. The molecule has 1 aromatic heterocycles. The number of fused-ring (bicyclic) bond motifs is 1. The van der Waals surface area contributed by atoms with Gasteiger partial charge in [-0.1, -0.05) is 25.1 Å². The van der Waals surface area contributed by atoms with E-state index in [-0.39, 0.29) is 0 Å². The summed E-state index contributed by atoms with van der Waals surface area (Å²) in [6.07, 6.45) is 0.891. The third-order valence-corrected chi connectivity index (χ3v) is 2.73. The first kappa shape index (κ1) is 11.9. The summed E-state index contributed by atoms with van der Waals surface area (Å²) < 4.78 is 26.0. The highest BCUT2D eigenvalue weighted by atomic mass is 19.3. The third kappa shape index (κ3) is 2.42. The summed E-state index contributed by atoms with van der Waals surface area (Å²) in [4.78, 5) is 4.00. The lowest BCUT2D eigenvalue weighted by atomic mass is 10.0. The van der Waals surface area contributed by atoms with Gasteiger partial charge in [0.05, 0.1) is 6.04 Å². The number of aromatic nitrogens is 1. The van der Waals surface area contributed by atoms with Gasteiger partial charge in [-0.15, -0.1) is 0 Å². The van der Waals surface area contributed by atoms with E-state index < -0.39 is 12.5 Å². The highest BCUT2D eigenvalue weighted by Gasteiger charge is 2.22. The summed E-state index contributed by atoms with van der Waals surface area (Å²) in [7, 11) is 0. The Hall–Kier alpha value is -1.55. The van der Waals surface area contributed by atoms with E-state index in [0.29, 0.717) is 12.1 Å². The molecule has 0 bridgehead atoms. The molecular weight excluding hydrogens is 222 g/mol. The van der Waals surface area contributed by atoms with E-state index in [4.69, 9.17) is 0 Å². The molecule has 1 aromatic carbocycles. The molecule has 0 amide bonds. The Bertz CT molecular complexity index is 494. The molecule has 2 rings (SSSR count). The monoisotopic (exact) mass is 236 g/mol. The van der Waals surface area contributed by atoms with Gasteiger partial charge in [-0.2, -0.15) is 0 Å². The predicted molar refractivity (Wildman–Crippen MR) is 64.2 cm³/mol. The summed E-state index contributed by atoms with van der Waals surface area (Å²) in [5.41, 5.74) is 0.627. The minimum atomic E-state index is -2.42. The van der Waals surface area contributed by atoms with Crippen molar-refractivity contribution in [2.24, 2.45) is 0 Å². The van der Waals surface area contributed by atoms with Gasteiger partial charge < -0.3 is 5.32 Å². The first-order valence-electron chi connectivity index (χ1n) is 5.58. The fourth-order valence-corrected chi connectivity index (χ4v) is 1.97. The average Bonchev–Trinajstić information content (AvgIpc) is 2.35. The summed E-state index contributed by atoms with van der Waals surface area (Å²) in [5, 5.41) is 4.53. The molecular formula is C13H14F2N2. The van der Waals surface area contributed by atoms with Crippen LogP contribution in [0.15, 0.2) is 36.7 Å². The van der Waals surface area contributed by atoms with Crippen molar-refractivity contribution in [1.29, 1.82) is 0 Å². The van der Waals surface area contributed by atoms with Gasteiger partial charge in [0.2, 0.25) is 0 Å². The maximum Gasteiger partial charge on any atom is 0.257 e. The van der Waals surface area contributed by atoms with Crippen molar-refractivity contribution in [1.82, 2.24) is 10.3 Å². The Morgan fingerprint density at radius 2 is 2.12 bits per heavy atom. The van der Waals surface area contributed by atoms with E-state index >= 15 is 0 Å². The van der Waals surface area contributed by atoms with Gasteiger partial charge in [0, 0.05) is 17.8 Å². The molecule has 0 saturated carbocycles. The van der Waals surface area contributed by atoms with Crippen molar-refractivity contribution >= 4 is 10.8 Å². The molecule has 0 aliphatic rings. The minimum absolute atomic E-state index is 0.510. The molecule has 1 atom stereocenters. The van der Waals surface area contributed by atoms with Crippen molar-refractivity contribution in [3.63, 3.8) is 0 Å². The van der Waals surface area contributed by atoms with Crippen LogP contribution in [0.25, 0.3) is 10.8 Å². The van der Waals surface area contributed by atoms with Gasteiger partial charge in [0.1, 0.15) is 0 Å². The van der Waals surface area contributed by atoms with Crippen molar-refractivity contribution in [3.8, 4) is 0 Å². The Labute approximate surface area is 98.7 Å². The number of alkyl halides is 2. The SMILES string of the molecule is CCNC(c1cccc2cnccc12)C(F)F. The highest BCUT2D eigenvalue weighted by Crippen LogP contribution is 2.27. The number of nitrogens with zero attached hydrogens (tertiary/aromatic N) is 1. The number of benzene rings is 1. The van der Waals surface area contributed by atoms with E-state index in [2.05, 4.69) is 10.3 Å². The van der Waals surface area contributed by atoms with Crippen LogP contribution in [0.4, 0.5) is 8.78 Å². The summed E-state index contributed by atoms with van der Waals surface area (Å²) in [5.74, 6) is 0. The first-order valence-corrected chi connectivity index (χ1v) is 5.58. The highest BCUT2D eigenvalue weighted by molar-refractivity contribution is 5.85. The van der Waals surface area contributed by atoms with Crippen LogP contribution in [-0.4, -0.2) is 18.0 Å². The normalized spacial score (nSPS) is 13.2. The fraction of sp³-hybridized carbons (Fsp3) is 0.308. The lowest BCUT2D eigenvalue weighted by Gasteiger charge is -2.19. The number of rotatable bonds is 4. The van der Waals surface area contributed by atoms with Crippen LogP contribution >= 0.6 is 0 Å². The molecule has 2 aromatic rings. The molecule has 17 heavy (non-hydrogen) atoms. The Morgan fingerprint density at radius 3 is 2.82 bits per heavy atom. The molecule has 1 unspecified atom stereocenters. The number of hydrogen-bond donors (Lipinski definition) is 1. The van der Waals surface area contributed by atoms with Gasteiger partial charge in [0.15, 0.2) is 0 Å². The van der Waals surface area contributed by atoms with E-state index in [0.717, 1.165) is 10.8 Å². The second-order valence-electron chi connectivity index (χ2n) is 3.81. The molecule has 4 heteroatoms. The maximum atomic E-state index is 13.0. The average molecular weight is 236 g/mol. The first-order chi connectivity index (χ1) is 8.24. The van der Waals surface area contributed by atoms with Crippen LogP contribution < -0.4 is 5.32 Å². The molecule has 90 valence electrons. The Kier molecular flexibility index (Phi) is 3.64. The van der Waals surface area contributed by atoms with Gasteiger partial charge in [-0.05, 0) is 23.6 Å².